The summed E-state index contributed by atoms with van der Waals surface area (Å²) in [5.74, 6) is -0.674. The van der Waals surface area contributed by atoms with Crippen LogP contribution in [0.4, 0.5) is 9.52 Å². The standard InChI is InChI=1S/C19H20FN3O2S.ClH/c1-22(2)11-12-23(19-21-15-8-4-6-10-17(15)26-19)18(24)13-25-16-9-5-3-7-14(16)20;/h3-10H,11-13H2,1-2H3;1H. The molecule has 5 nitrogen and oxygen atoms in total. The third-order valence-corrected chi connectivity index (χ3v) is 4.83. The molecule has 0 spiro atoms. The predicted octanol–water partition coefficient (Wildman–Crippen LogP) is 3.83. The quantitative estimate of drug-likeness (QED) is 0.595. The minimum atomic E-state index is -0.486. The van der Waals surface area contributed by atoms with Crippen LogP contribution in [-0.4, -0.2) is 49.6 Å². The van der Waals surface area contributed by atoms with Crippen LogP contribution >= 0.6 is 23.7 Å². The van der Waals surface area contributed by atoms with Gasteiger partial charge in [-0.05, 0) is 38.4 Å². The first-order valence-corrected chi connectivity index (χ1v) is 9.04. The molecule has 144 valence electrons. The number of thiazole rings is 1. The van der Waals surface area contributed by atoms with E-state index in [4.69, 9.17) is 4.74 Å². The Kier molecular flexibility index (Phi) is 7.53. The fourth-order valence-electron chi connectivity index (χ4n) is 2.38. The lowest BCUT2D eigenvalue weighted by atomic mass is 10.3. The third kappa shape index (κ3) is 5.38. The van der Waals surface area contributed by atoms with Gasteiger partial charge in [0.25, 0.3) is 5.91 Å². The molecule has 2 aromatic carbocycles. The van der Waals surface area contributed by atoms with Gasteiger partial charge in [0.05, 0.1) is 10.2 Å². The van der Waals surface area contributed by atoms with E-state index in [1.165, 1.54) is 23.5 Å². The molecule has 0 saturated heterocycles. The Morgan fingerprint density at radius 3 is 2.52 bits per heavy atom. The molecule has 1 amide bonds. The number of halogens is 2. The second-order valence-electron chi connectivity index (χ2n) is 6.03. The highest BCUT2D eigenvalue weighted by molar-refractivity contribution is 7.22. The van der Waals surface area contributed by atoms with Crippen LogP contribution in [0.3, 0.4) is 0 Å². The lowest BCUT2D eigenvalue weighted by Crippen LogP contribution is -2.39. The summed E-state index contributed by atoms with van der Waals surface area (Å²) in [5.41, 5.74) is 0.852. The summed E-state index contributed by atoms with van der Waals surface area (Å²) < 4.78 is 20.1. The first kappa shape index (κ1) is 21.1. The van der Waals surface area contributed by atoms with Gasteiger partial charge in [0, 0.05) is 13.1 Å². The number of benzene rings is 2. The van der Waals surface area contributed by atoms with Crippen LogP contribution in [0.1, 0.15) is 0 Å². The van der Waals surface area contributed by atoms with Gasteiger partial charge in [-0.2, -0.15) is 0 Å². The second-order valence-corrected chi connectivity index (χ2v) is 7.04. The van der Waals surface area contributed by atoms with Crippen LogP contribution in [0.15, 0.2) is 48.5 Å². The van der Waals surface area contributed by atoms with E-state index < -0.39 is 5.82 Å². The number of ether oxygens (including phenoxy) is 1. The fraction of sp³-hybridized carbons (Fsp3) is 0.263. The predicted molar refractivity (Wildman–Crippen MR) is 110 cm³/mol. The lowest BCUT2D eigenvalue weighted by Gasteiger charge is -2.22. The van der Waals surface area contributed by atoms with Gasteiger partial charge in [0.15, 0.2) is 23.3 Å². The van der Waals surface area contributed by atoms with Crippen molar-refractivity contribution in [3.05, 3.63) is 54.3 Å². The van der Waals surface area contributed by atoms with Crippen molar-refractivity contribution in [3.63, 3.8) is 0 Å². The Labute approximate surface area is 167 Å². The van der Waals surface area contributed by atoms with E-state index in [1.54, 1.807) is 17.0 Å². The summed E-state index contributed by atoms with van der Waals surface area (Å²) in [6.07, 6.45) is 0. The van der Waals surface area contributed by atoms with Crippen LogP contribution in [0, 0.1) is 5.82 Å². The summed E-state index contributed by atoms with van der Waals surface area (Å²) in [6, 6.07) is 13.8. The van der Waals surface area contributed by atoms with E-state index in [2.05, 4.69) is 4.98 Å². The molecule has 0 bridgehead atoms. The molecule has 0 aliphatic carbocycles. The molecular weight excluding hydrogens is 389 g/mol. The molecule has 0 saturated carbocycles. The Bertz CT molecular complexity index is 870. The largest absolute Gasteiger partial charge is 0.481 e. The van der Waals surface area contributed by atoms with Crippen molar-refractivity contribution in [1.29, 1.82) is 0 Å². The zero-order chi connectivity index (χ0) is 18.5. The highest BCUT2D eigenvalue weighted by Crippen LogP contribution is 2.28. The van der Waals surface area contributed by atoms with Gasteiger partial charge in [-0.25, -0.2) is 9.37 Å². The third-order valence-electron chi connectivity index (χ3n) is 3.77. The lowest BCUT2D eigenvalue weighted by molar-refractivity contribution is -0.120. The fourth-order valence-corrected chi connectivity index (χ4v) is 3.39. The molecule has 0 radical (unpaired) electrons. The van der Waals surface area contributed by atoms with E-state index in [1.807, 2.05) is 43.3 Å². The first-order valence-electron chi connectivity index (χ1n) is 8.22. The van der Waals surface area contributed by atoms with Gasteiger partial charge in [-0.15, -0.1) is 12.4 Å². The van der Waals surface area contributed by atoms with Crippen LogP contribution in [0.25, 0.3) is 10.2 Å². The normalized spacial score (nSPS) is 10.7. The summed E-state index contributed by atoms with van der Waals surface area (Å²) in [4.78, 5) is 20.9. The number of rotatable bonds is 7. The topological polar surface area (TPSA) is 45.7 Å². The van der Waals surface area contributed by atoms with Crippen LogP contribution in [-0.2, 0) is 4.79 Å². The summed E-state index contributed by atoms with van der Waals surface area (Å²) in [7, 11) is 3.88. The SMILES string of the molecule is CN(C)CCN(C(=O)COc1ccccc1F)c1nc2ccccc2s1.Cl. The summed E-state index contributed by atoms with van der Waals surface area (Å²) in [5, 5.41) is 0.621. The van der Waals surface area contributed by atoms with Crippen LogP contribution in [0.5, 0.6) is 5.75 Å². The number of likely N-dealkylation sites (N-methyl/N-ethyl adjacent to an activating group) is 1. The van der Waals surface area contributed by atoms with Crippen LogP contribution < -0.4 is 9.64 Å². The van der Waals surface area contributed by atoms with Gasteiger partial charge in [0.2, 0.25) is 0 Å². The maximum absolute atomic E-state index is 13.7. The maximum Gasteiger partial charge on any atom is 0.266 e. The Morgan fingerprint density at radius 1 is 1.11 bits per heavy atom. The van der Waals surface area contributed by atoms with E-state index in [-0.39, 0.29) is 30.7 Å². The number of para-hydroxylation sites is 2. The van der Waals surface area contributed by atoms with Gasteiger partial charge in [-0.1, -0.05) is 35.6 Å². The highest BCUT2D eigenvalue weighted by atomic mass is 35.5. The zero-order valence-electron chi connectivity index (χ0n) is 15.1. The second kappa shape index (κ2) is 9.64. The maximum atomic E-state index is 13.7. The van der Waals surface area contributed by atoms with Crippen molar-refractivity contribution in [1.82, 2.24) is 9.88 Å². The number of aromatic nitrogens is 1. The molecule has 27 heavy (non-hydrogen) atoms. The molecule has 3 rings (SSSR count). The number of anilines is 1. The molecular formula is C19H21ClFN3O2S. The van der Waals surface area contributed by atoms with Crippen molar-refractivity contribution in [2.45, 2.75) is 0 Å². The van der Waals surface area contributed by atoms with E-state index in [0.717, 1.165) is 10.2 Å². The van der Waals surface area contributed by atoms with Crippen molar-refractivity contribution < 1.29 is 13.9 Å². The highest BCUT2D eigenvalue weighted by Gasteiger charge is 2.20. The van der Waals surface area contributed by atoms with Crippen molar-refractivity contribution in [2.24, 2.45) is 0 Å². The number of hydrogen-bond acceptors (Lipinski definition) is 5. The van der Waals surface area contributed by atoms with Gasteiger partial charge in [-0.3, -0.25) is 9.69 Å². The number of carbonyl (C=O) groups excluding carboxylic acids is 1. The molecule has 3 aromatic rings. The molecule has 0 aliphatic heterocycles. The van der Waals surface area contributed by atoms with Gasteiger partial charge in [0.1, 0.15) is 0 Å². The number of hydrogen-bond donors (Lipinski definition) is 0. The molecule has 0 aliphatic rings. The number of fused-ring (bicyclic) bond motifs is 1. The van der Waals surface area contributed by atoms with E-state index in [0.29, 0.717) is 18.2 Å². The van der Waals surface area contributed by atoms with Crippen molar-refractivity contribution >= 4 is 45.0 Å². The Morgan fingerprint density at radius 2 is 1.81 bits per heavy atom. The van der Waals surface area contributed by atoms with Gasteiger partial charge < -0.3 is 9.64 Å². The first-order chi connectivity index (χ1) is 12.5. The zero-order valence-corrected chi connectivity index (χ0v) is 16.7. The average molecular weight is 410 g/mol. The average Bonchev–Trinajstić information content (AvgIpc) is 3.04. The molecule has 1 heterocycles. The molecule has 0 atom stereocenters. The van der Waals surface area contributed by atoms with Gasteiger partial charge >= 0.3 is 0 Å². The minimum Gasteiger partial charge on any atom is -0.481 e. The molecule has 8 heteroatoms. The van der Waals surface area contributed by atoms with E-state index in [9.17, 15) is 9.18 Å². The Balaban J connectivity index is 0.00000261. The molecule has 0 N–H and O–H groups in total. The van der Waals surface area contributed by atoms with Crippen molar-refractivity contribution in [2.75, 3.05) is 38.7 Å². The number of nitrogens with zero attached hydrogens (tertiary/aromatic N) is 3. The van der Waals surface area contributed by atoms with E-state index >= 15 is 0 Å². The summed E-state index contributed by atoms with van der Waals surface area (Å²) >= 11 is 1.46. The summed E-state index contributed by atoms with van der Waals surface area (Å²) in [6.45, 7) is 0.915. The molecule has 0 fully saturated rings. The monoisotopic (exact) mass is 409 g/mol. The van der Waals surface area contributed by atoms with Crippen molar-refractivity contribution in [3.8, 4) is 5.75 Å². The smallest absolute Gasteiger partial charge is 0.266 e. The minimum absolute atomic E-state index is 0. The number of amides is 1. The van der Waals surface area contributed by atoms with Crippen LogP contribution in [0.2, 0.25) is 0 Å². The Hall–Kier alpha value is -2.22. The number of carbonyl (C=O) groups is 1. The molecule has 1 aromatic heterocycles. The molecule has 0 unspecified atom stereocenters.